The summed E-state index contributed by atoms with van der Waals surface area (Å²) in [6.45, 7) is 3.70. The van der Waals surface area contributed by atoms with Gasteiger partial charge in [0.25, 0.3) is 0 Å². The number of aryl methyl sites for hydroxylation is 2. The number of nitrogens with zero attached hydrogens (tertiary/aromatic N) is 2. The second-order valence-electron chi connectivity index (χ2n) is 5.45. The summed E-state index contributed by atoms with van der Waals surface area (Å²) < 4.78 is 2.78. The smallest absolute Gasteiger partial charge is 0.0848 e. The lowest BCUT2D eigenvalue weighted by Crippen LogP contribution is -2.31. The maximum Gasteiger partial charge on any atom is 0.0848 e. The number of rotatable bonds is 4. The molecule has 0 aliphatic rings. The molecule has 20 heavy (non-hydrogen) atoms. The molecule has 1 aromatic heterocycles. The van der Waals surface area contributed by atoms with Gasteiger partial charge in [-0.2, -0.15) is 5.10 Å². The van der Waals surface area contributed by atoms with Crippen molar-refractivity contribution in [3.05, 3.63) is 50.7 Å². The summed E-state index contributed by atoms with van der Waals surface area (Å²) in [5, 5.41) is 15.6. The van der Waals surface area contributed by atoms with Crippen molar-refractivity contribution < 1.29 is 5.11 Å². The maximum atomic E-state index is 10.6. The van der Waals surface area contributed by atoms with E-state index in [-0.39, 0.29) is 0 Å². The minimum Gasteiger partial charge on any atom is -0.389 e. The summed E-state index contributed by atoms with van der Waals surface area (Å²) in [5.74, 6) is 0. The average Bonchev–Trinajstić information content (AvgIpc) is 2.58. The number of halogens is 2. The molecule has 2 aromatic rings. The van der Waals surface area contributed by atoms with Crippen molar-refractivity contribution in [3.8, 4) is 0 Å². The Labute approximate surface area is 132 Å². The van der Waals surface area contributed by atoms with E-state index in [1.165, 1.54) is 0 Å². The van der Waals surface area contributed by atoms with E-state index >= 15 is 0 Å². The topological polar surface area (TPSA) is 38.0 Å². The van der Waals surface area contributed by atoms with E-state index in [1.54, 1.807) is 4.68 Å². The van der Waals surface area contributed by atoms with Gasteiger partial charge < -0.3 is 5.11 Å². The van der Waals surface area contributed by atoms with Crippen LogP contribution in [-0.4, -0.2) is 20.5 Å². The maximum absolute atomic E-state index is 10.6. The van der Waals surface area contributed by atoms with E-state index in [2.05, 4.69) is 21.0 Å². The first-order chi connectivity index (χ1) is 9.28. The molecule has 0 radical (unpaired) electrons. The molecule has 0 saturated heterocycles. The lowest BCUT2D eigenvalue weighted by molar-refractivity contribution is 0.0589. The van der Waals surface area contributed by atoms with Crippen molar-refractivity contribution in [2.24, 2.45) is 7.05 Å². The average molecular weight is 358 g/mol. The number of benzene rings is 1. The zero-order chi connectivity index (χ0) is 14.9. The van der Waals surface area contributed by atoms with Crippen LogP contribution in [0.25, 0.3) is 0 Å². The van der Waals surface area contributed by atoms with Gasteiger partial charge in [0.05, 0.1) is 22.0 Å². The molecule has 5 heteroatoms. The third-order valence-electron chi connectivity index (χ3n) is 3.31. The van der Waals surface area contributed by atoms with Crippen molar-refractivity contribution in [1.29, 1.82) is 0 Å². The van der Waals surface area contributed by atoms with E-state index < -0.39 is 5.60 Å². The second kappa shape index (κ2) is 5.88. The number of hydrogen-bond donors (Lipinski definition) is 1. The number of aromatic nitrogens is 2. The monoisotopic (exact) mass is 356 g/mol. The highest BCUT2D eigenvalue weighted by Gasteiger charge is 2.25. The Kier molecular flexibility index (Phi) is 4.57. The molecular formula is C15H18BrClN2O. The molecule has 0 aliphatic heterocycles. The molecule has 1 heterocycles. The Balaban J connectivity index is 2.16. The second-order valence-corrected chi connectivity index (χ2v) is 6.74. The Morgan fingerprint density at radius 3 is 2.40 bits per heavy atom. The Hall–Kier alpha value is -0.840. The standard InChI is InChI=1S/C15H18BrClN2O/c1-10-14(17)13(19(3)18-10)9-15(2,20)8-11-4-6-12(16)7-5-11/h4-7,20H,8-9H2,1-3H3. The summed E-state index contributed by atoms with van der Waals surface area (Å²) >= 11 is 9.65. The largest absolute Gasteiger partial charge is 0.389 e. The van der Waals surface area contributed by atoms with Crippen molar-refractivity contribution in [2.75, 3.05) is 0 Å². The van der Waals surface area contributed by atoms with Crippen LogP contribution in [0.2, 0.25) is 5.02 Å². The van der Waals surface area contributed by atoms with Gasteiger partial charge in [-0.1, -0.05) is 39.7 Å². The molecule has 0 fully saturated rings. The van der Waals surface area contributed by atoms with E-state index in [1.807, 2.05) is 45.2 Å². The van der Waals surface area contributed by atoms with Crippen LogP contribution in [-0.2, 0) is 19.9 Å². The van der Waals surface area contributed by atoms with Crippen LogP contribution in [0.15, 0.2) is 28.7 Å². The molecule has 0 saturated carbocycles. The zero-order valence-corrected chi connectivity index (χ0v) is 14.2. The Morgan fingerprint density at radius 1 is 1.30 bits per heavy atom. The van der Waals surface area contributed by atoms with Gasteiger partial charge in [0.2, 0.25) is 0 Å². The molecule has 0 spiro atoms. The normalized spacial score (nSPS) is 14.3. The Bertz CT molecular complexity index is 605. The molecular weight excluding hydrogens is 340 g/mol. The minimum atomic E-state index is -0.863. The predicted molar refractivity (Wildman–Crippen MR) is 85.1 cm³/mol. The summed E-state index contributed by atoms with van der Waals surface area (Å²) in [4.78, 5) is 0. The van der Waals surface area contributed by atoms with Crippen LogP contribution < -0.4 is 0 Å². The molecule has 2 rings (SSSR count). The molecule has 1 atom stereocenters. The first-order valence-corrected chi connectivity index (χ1v) is 7.60. The third-order valence-corrected chi connectivity index (χ3v) is 4.33. The van der Waals surface area contributed by atoms with Gasteiger partial charge in [0, 0.05) is 24.4 Å². The summed E-state index contributed by atoms with van der Waals surface area (Å²) in [7, 11) is 1.85. The predicted octanol–water partition coefficient (Wildman–Crippen LogP) is 3.68. The van der Waals surface area contributed by atoms with E-state index in [0.29, 0.717) is 17.9 Å². The van der Waals surface area contributed by atoms with Crippen LogP contribution in [0.3, 0.4) is 0 Å². The molecule has 1 unspecified atom stereocenters. The van der Waals surface area contributed by atoms with Crippen molar-refractivity contribution in [2.45, 2.75) is 32.3 Å². The van der Waals surface area contributed by atoms with E-state index in [4.69, 9.17) is 11.6 Å². The lowest BCUT2D eigenvalue weighted by Gasteiger charge is -2.23. The molecule has 0 bridgehead atoms. The third kappa shape index (κ3) is 3.62. The molecule has 1 aromatic carbocycles. The van der Waals surface area contributed by atoms with E-state index in [9.17, 15) is 5.11 Å². The van der Waals surface area contributed by atoms with Gasteiger partial charge in [-0.05, 0) is 31.5 Å². The highest BCUT2D eigenvalue weighted by molar-refractivity contribution is 9.10. The lowest BCUT2D eigenvalue weighted by atomic mass is 9.92. The van der Waals surface area contributed by atoms with Crippen molar-refractivity contribution in [1.82, 2.24) is 9.78 Å². The molecule has 1 N–H and O–H groups in total. The molecule has 0 amide bonds. The fourth-order valence-electron chi connectivity index (χ4n) is 2.34. The fraction of sp³-hybridized carbons (Fsp3) is 0.400. The van der Waals surface area contributed by atoms with Crippen LogP contribution in [0, 0.1) is 6.92 Å². The van der Waals surface area contributed by atoms with Crippen molar-refractivity contribution in [3.63, 3.8) is 0 Å². The quantitative estimate of drug-likeness (QED) is 0.906. The SMILES string of the molecule is Cc1nn(C)c(CC(C)(O)Cc2ccc(Br)cc2)c1Cl. The molecule has 3 nitrogen and oxygen atoms in total. The minimum absolute atomic E-state index is 0.471. The first kappa shape index (κ1) is 15.5. The van der Waals surface area contributed by atoms with Crippen molar-refractivity contribution >= 4 is 27.5 Å². The van der Waals surface area contributed by atoms with Gasteiger partial charge in [0.15, 0.2) is 0 Å². The van der Waals surface area contributed by atoms with Crippen LogP contribution in [0.5, 0.6) is 0 Å². The van der Waals surface area contributed by atoms with Crippen LogP contribution in [0.1, 0.15) is 23.9 Å². The summed E-state index contributed by atoms with van der Waals surface area (Å²) in [6.07, 6.45) is 1.04. The van der Waals surface area contributed by atoms with Gasteiger partial charge in [-0.3, -0.25) is 4.68 Å². The fourth-order valence-corrected chi connectivity index (χ4v) is 2.83. The summed E-state index contributed by atoms with van der Waals surface area (Å²) in [5.41, 5.74) is 1.89. The van der Waals surface area contributed by atoms with Gasteiger partial charge in [-0.15, -0.1) is 0 Å². The van der Waals surface area contributed by atoms with Gasteiger partial charge in [-0.25, -0.2) is 0 Å². The highest BCUT2D eigenvalue weighted by Crippen LogP contribution is 2.26. The van der Waals surface area contributed by atoms with Crippen LogP contribution in [0.4, 0.5) is 0 Å². The Morgan fingerprint density at radius 2 is 1.90 bits per heavy atom. The highest BCUT2D eigenvalue weighted by atomic mass is 79.9. The zero-order valence-electron chi connectivity index (χ0n) is 11.8. The van der Waals surface area contributed by atoms with Crippen LogP contribution >= 0.6 is 27.5 Å². The number of hydrogen-bond acceptors (Lipinski definition) is 2. The number of aliphatic hydroxyl groups is 1. The first-order valence-electron chi connectivity index (χ1n) is 6.43. The van der Waals surface area contributed by atoms with E-state index in [0.717, 1.165) is 21.4 Å². The molecule has 0 aliphatic carbocycles. The van der Waals surface area contributed by atoms with Gasteiger partial charge in [0.1, 0.15) is 0 Å². The van der Waals surface area contributed by atoms with Gasteiger partial charge >= 0.3 is 0 Å². The molecule has 108 valence electrons. The summed E-state index contributed by atoms with van der Waals surface area (Å²) in [6, 6.07) is 7.97.